The molecule has 0 aliphatic carbocycles. The Bertz CT molecular complexity index is 631. The van der Waals surface area contributed by atoms with Crippen molar-refractivity contribution in [2.75, 3.05) is 33.8 Å². The van der Waals surface area contributed by atoms with Crippen molar-refractivity contribution < 1.29 is 9.53 Å². The van der Waals surface area contributed by atoms with Gasteiger partial charge in [-0.05, 0) is 42.1 Å². The van der Waals surface area contributed by atoms with Gasteiger partial charge in [-0.25, -0.2) is 0 Å². The number of carbonyl (C=O) groups is 1. The second-order valence-corrected chi connectivity index (χ2v) is 5.78. The van der Waals surface area contributed by atoms with E-state index in [-0.39, 0.29) is 12.5 Å². The van der Waals surface area contributed by atoms with Gasteiger partial charge in [-0.1, -0.05) is 28.1 Å². The molecule has 0 unspecified atom stereocenters. The predicted octanol–water partition coefficient (Wildman–Crippen LogP) is 2.66. The smallest absolute Gasteiger partial charge is 0.260 e. The minimum atomic E-state index is -0.0267. The first-order chi connectivity index (χ1) is 10.1. The monoisotopic (exact) mass is 350 g/mol. The zero-order valence-corrected chi connectivity index (χ0v) is 13.8. The Kier molecular flexibility index (Phi) is 5.59. The van der Waals surface area contributed by atoms with E-state index in [1.807, 2.05) is 37.4 Å². The summed E-state index contributed by atoms with van der Waals surface area (Å²) < 4.78 is 6.63. The number of benzene rings is 2. The summed E-state index contributed by atoms with van der Waals surface area (Å²) in [7, 11) is 3.64. The number of amides is 1. The van der Waals surface area contributed by atoms with Gasteiger partial charge in [0.1, 0.15) is 5.75 Å². The van der Waals surface area contributed by atoms with Gasteiger partial charge in [0.15, 0.2) is 6.61 Å². The van der Waals surface area contributed by atoms with Crippen molar-refractivity contribution in [3.8, 4) is 5.75 Å². The molecule has 21 heavy (non-hydrogen) atoms. The second-order valence-electron chi connectivity index (χ2n) is 4.86. The van der Waals surface area contributed by atoms with Crippen LogP contribution in [0.2, 0.25) is 0 Å². The summed E-state index contributed by atoms with van der Waals surface area (Å²) in [6, 6.07) is 11.9. The van der Waals surface area contributed by atoms with E-state index >= 15 is 0 Å². The Balaban J connectivity index is 1.97. The van der Waals surface area contributed by atoms with Gasteiger partial charge in [0.05, 0.1) is 0 Å². The minimum absolute atomic E-state index is 0.0267. The fourth-order valence-corrected chi connectivity index (χ4v) is 2.32. The van der Waals surface area contributed by atoms with Gasteiger partial charge < -0.3 is 15.0 Å². The molecule has 0 atom stereocenters. The van der Waals surface area contributed by atoms with Crippen LogP contribution in [0.5, 0.6) is 5.75 Å². The number of hydrogen-bond acceptors (Lipinski definition) is 3. The molecule has 0 saturated heterocycles. The van der Waals surface area contributed by atoms with Crippen molar-refractivity contribution in [3.05, 3.63) is 40.9 Å². The standard InChI is InChI=1S/C16H19BrN2O2/c1-18-7-8-19(2)16(20)11-21-15-6-4-12-9-14(17)5-3-13(12)10-15/h3-6,9-10,18H,7-8,11H2,1-2H3. The fourth-order valence-electron chi connectivity index (χ4n) is 1.94. The summed E-state index contributed by atoms with van der Waals surface area (Å²) in [4.78, 5) is 13.6. The highest BCUT2D eigenvalue weighted by Crippen LogP contribution is 2.24. The number of fused-ring (bicyclic) bond motifs is 1. The topological polar surface area (TPSA) is 41.6 Å². The van der Waals surface area contributed by atoms with Crippen molar-refractivity contribution in [3.63, 3.8) is 0 Å². The van der Waals surface area contributed by atoms with Gasteiger partial charge in [-0.3, -0.25) is 4.79 Å². The molecule has 2 aromatic rings. The number of likely N-dealkylation sites (N-methyl/N-ethyl adjacent to an activating group) is 2. The van der Waals surface area contributed by atoms with Gasteiger partial charge >= 0.3 is 0 Å². The van der Waals surface area contributed by atoms with Crippen LogP contribution in [0.15, 0.2) is 40.9 Å². The molecule has 4 nitrogen and oxygen atoms in total. The second kappa shape index (κ2) is 7.43. The lowest BCUT2D eigenvalue weighted by atomic mass is 10.1. The molecule has 1 N–H and O–H groups in total. The quantitative estimate of drug-likeness (QED) is 0.870. The summed E-state index contributed by atoms with van der Waals surface area (Å²) in [5.74, 6) is 0.682. The molecule has 0 aliphatic heterocycles. The zero-order chi connectivity index (χ0) is 15.2. The Labute approximate surface area is 133 Å². The van der Waals surface area contributed by atoms with E-state index in [0.29, 0.717) is 12.3 Å². The first kappa shape index (κ1) is 15.8. The summed E-state index contributed by atoms with van der Waals surface area (Å²) in [6.07, 6.45) is 0. The number of halogens is 1. The molecule has 0 radical (unpaired) electrons. The average Bonchev–Trinajstić information content (AvgIpc) is 2.50. The maximum absolute atomic E-state index is 11.9. The lowest BCUT2D eigenvalue weighted by Gasteiger charge is -2.17. The molecular weight excluding hydrogens is 332 g/mol. The fraction of sp³-hybridized carbons (Fsp3) is 0.312. The Hall–Kier alpha value is -1.59. The molecule has 112 valence electrons. The van der Waals surface area contributed by atoms with Crippen molar-refractivity contribution in [2.45, 2.75) is 0 Å². The zero-order valence-electron chi connectivity index (χ0n) is 12.2. The highest BCUT2D eigenvalue weighted by atomic mass is 79.9. The van der Waals surface area contributed by atoms with Crippen LogP contribution >= 0.6 is 15.9 Å². The predicted molar refractivity (Wildman–Crippen MR) is 88.7 cm³/mol. The number of nitrogens with one attached hydrogen (secondary N) is 1. The SMILES string of the molecule is CNCCN(C)C(=O)COc1ccc2cc(Br)ccc2c1. The number of carbonyl (C=O) groups excluding carboxylic acids is 1. The maximum Gasteiger partial charge on any atom is 0.260 e. The maximum atomic E-state index is 11.9. The van der Waals surface area contributed by atoms with Crippen LogP contribution in [-0.2, 0) is 4.79 Å². The summed E-state index contributed by atoms with van der Waals surface area (Å²) in [5.41, 5.74) is 0. The van der Waals surface area contributed by atoms with Crippen LogP contribution in [0.3, 0.4) is 0 Å². The third kappa shape index (κ3) is 4.44. The van der Waals surface area contributed by atoms with Gasteiger partial charge in [0, 0.05) is 24.6 Å². The van der Waals surface area contributed by atoms with Gasteiger partial charge in [0.2, 0.25) is 0 Å². The lowest BCUT2D eigenvalue weighted by molar-refractivity contribution is -0.131. The number of hydrogen-bond donors (Lipinski definition) is 1. The number of rotatable bonds is 6. The third-order valence-electron chi connectivity index (χ3n) is 3.26. The highest BCUT2D eigenvalue weighted by molar-refractivity contribution is 9.10. The minimum Gasteiger partial charge on any atom is -0.484 e. The van der Waals surface area contributed by atoms with Crippen LogP contribution in [-0.4, -0.2) is 44.6 Å². The first-order valence-corrected chi connectivity index (χ1v) is 7.60. The van der Waals surface area contributed by atoms with E-state index in [9.17, 15) is 4.79 Å². The van der Waals surface area contributed by atoms with E-state index in [0.717, 1.165) is 21.8 Å². The molecule has 2 aromatic carbocycles. The van der Waals surface area contributed by atoms with E-state index in [2.05, 4.69) is 27.3 Å². The Morgan fingerprint density at radius 1 is 1.24 bits per heavy atom. The van der Waals surface area contributed by atoms with Gasteiger partial charge in [0.25, 0.3) is 5.91 Å². The molecule has 0 saturated carbocycles. The largest absolute Gasteiger partial charge is 0.484 e. The highest BCUT2D eigenvalue weighted by Gasteiger charge is 2.09. The third-order valence-corrected chi connectivity index (χ3v) is 3.75. The van der Waals surface area contributed by atoms with E-state index in [4.69, 9.17) is 4.74 Å². The summed E-state index contributed by atoms with van der Waals surface area (Å²) in [5, 5.41) is 5.24. The summed E-state index contributed by atoms with van der Waals surface area (Å²) in [6.45, 7) is 1.50. The van der Waals surface area contributed by atoms with Crippen LogP contribution in [0.4, 0.5) is 0 Å². The molecule has 5 heteroatoms. The molecule has 0 bridgehead atoms. The molecule has 1 amide bonds. The van der Waals surface area contributed by atoms with Crippen LogP contribution in [0.1, 0.15) is 0 Å². The average molecular weight is 351 g/mol. The van der Waals surface area contributed by atoms with E-state index < -0.39 is 0 Å². The van der Waals surface area contributed by atoms with Gasteiger partial charge in [-0.15, -0.1) is 0 Å². The molecule has 0 aromatic heterocycles. The Morgan fingerprint density at radius 3 is 2.71 bits per heavy atom. The van der Waals surface area contributed by atoms with Gasteiger partial charge in [-0.2, -0.15) is 0 Å². The van der Waals surface area contributed by atoms with Crippen LogP contribution < -0.4 is 10.1 Å². The van der Waals surface area contributed by atoms with Crippen LogP contribution in [0.25, 0.3) is 10.8 Å². The van der Waals surface area contributed by atoms with Crippen molar-refractivity contribution in [2.24, 2.45) is 0 Å². The molecule has 0 spiro atoms. The molecule has 0 heterocycles. The van der Waals surface area contributed by atoms with Crippen LogP contribution in [0, 0.1) is 0 Å². The normalized spacial score (nSPS) is 10.6. The van der Waals surface area contributed by atoms with Crippen molar-refractivity contribution in [1.29, 1.82) is 0 Å². The molecular formula is C16H19BrN2O2. The van der Waals surface area contributed by atoms with Crippen molar-refractivity contribution in [1.82, 2.24) is 10.2 Å². The van der Waals surface area contributed by atoms with E-state index in [1.54, 1.807) is 11.9 Å². The molecule has 0 fully saturated rings. The summed E-state index contributed by atoms with van der Waals surface area (Å²) >= 11 is 3.45. The first-order valence-electron chi connectivity index (χ1n) is 6.81. The Morgan fingerprint density at radius 2 is 1.95 bits per heavy atom. The number of nitrogens with zero attached hydrogens (tertiary/aromatic N) is 1. The lowest BCUT2D eigenvalue weighted by Crippen LogP contribution is -2.35. The molecule has 2 rings (SSSR count). The molecule has 0 aliphatic rings. The van der Waals surface area contributed by atoms with E-state index in [1.165, 1.54) is 0 Å². The van der Waals surface area contributed by atoms with Crippen molar-refractivity contribution >= 4 is 32.6 Å². The number of ether oxygens (including phenoxy) is 1.